The van der Waals surface area contributed by atoms with Gasteiger partial charge in [0.05, 0.1) is 0 Å². The second-order valence-corrected chi connectivity index (χ2v) is 3.88. The summed E-state index contributed by atoms with van der Waals surface area (Å²) < 4.78 is 31.5. The smallest absolute Gasteiger partial charge is 0.157 e. The van der Waals surface area contributed by atoms with Gasteiger partial charge in [-0.05, 0) is 24.4 Å². The largest absolute Gasteiger partial charge is 0.315 e. The minimum absolute atomic E-state index is 0.131. The van der Waals surface area contributed by atoms with Gasteiger partial charge in [-0.3, -0.25) is 4.79 Å². The molecule has 0 saturated heterocycles. The van der Waals surface area contributed by atoms with Gasteiger partial charge < -0.3 is 5.73 Å². The van der Waals surface area contributed by atoms with Crippen LogP contribution in [0.1, 0.15) is 36.6 Å². The molecular weight excluding hydrogens is 210 g/mol. The molecule has 2 N–H and O–H groups in total. The highest BCUT2D eigenvalue weighted by Gasteiger charge is 2.38. The number of carbonyl (C=O) groups excluding carboxylic acids is 1. The molecule has 1 atom stereocenters. The molecule has 2 rings (SSSR count). The van der Waals surface area contributed by atoms with Crippen molar-refractivity contribution < 1.29 is 10.3 Å². The molecule has 1 aliphatic carbocycles. The molecule has 0 amide bonds. The van der Waals surface area contributed by atoms with Crippen LogP contribution in [0.3, 0.4) is 0 Å². The zero-order chi connectivity index (χ0) is 14.5. The summed E-state index contributed by atoms with van der Waals surface area (Å²) in [6.45, 7) is 0. The molecule has 0 spiro atoms. The fourth-order valence-corrected chi connectivity index (χ4v) is 1.94. The Kier molecular flexibility index (Phi) is 1.76. The van der Waals surface area contributed by atoms with E-state index in [1.165, 1.54) is 12.1 Å². The number of benzene rings is 1. The Hall–Kier alpha value is -0.860. The van der Waals surface area contributed by atoms with Crippen molar-refractivity contribution in [2.75, 3.05) is 0 Å². The number of hydrogen-bond donors (Lipinski definition) is 1. The number of hydrogen-bond acceptors (Lipinski definition) is 2. The summed E-state index contributed by atoms with van der Waals surface area (Å²) in [6.07, 6.45) is -4.49. The molecule has 1 aromatic carbocycles. The van der Waals surface area contributed by atoms with Crippen molar-refractivity contribution in [2.45, 2.75) is 31.1 Å². The van der Waals surface area contributed by atoms with Crippen LogP contribution in [0, 0.1) is 0 Å². The second kappa shape index (κ2) is 3.95. The molecule has 1 saturated carbocycles. The van der Waals surface area contributed by atoms with Gasteiger partial charge >= 0.3 is 0 Å². The zero-order valence-corrected chi connectivity index (χ0v) is 8.84. The number of carbonyl (C=O) groups is 1. The van der Waals surface area contributed by atoms with Crippen molar-refractivity contribution in [1.29, 1.82) is 0 Å². The molecule has 1 unspecified atom stereocenters. The van der Waals surface area contributed by atoms with E-state index in [1.807, 2.05) is 0 Å². The van der Waals surface area contributed by atoms with E-state index < -0.39 is 24.1 Å². The molecule has 15 heavy (non-hydrogen) atoms. The summed E-state index contributed by atoms with van der Waals surface area (Å²) in [5.41, 5.74) is 4.10. The Morgan fingerprint density at radius 3 is 2.87 bits per heavy atom. The van der Waals surface area contributed by atoms with E-state index in [0.717, 1.165) is 0 Å². The van der Waals surface area contributed by atoms with Gasteiger partial charge in [0, 0.05) is 16.9 Å². The topological polar surface area (TPSA) is 43.1 Å². The van der Waals surface area contributed by atoms with Crippen LogP contribution in [0.25, 0.3) is 0 Å². The van der Waals surface area contributed by atoms with Gasteiger partial charge in [-0.25, -0.2) is 0 Å². The van der Waals surface area contributed by atoms with Gasteiger partial charge in [0.2, 0.25) is 0 Å². The van der Waals surface area contributed by atoms with Crippen molar-refractivity contribution in [3.8, 4) is 0 Å². The van der Waals surface area contributed by atoms with Crippen molar-refractivity contribution in [3.05, 3.63) is 34.9 Å². The van der Waals surface area contributed by atoms with Crippen LogP contribution in [0.5, 0.6) is 0 Å². The number of rotatable bonds is 1. The maximum absolute atomic E-state index is 12.3. The molecule has 0 bridgehead atoms. The Labute approximate surface area is 100 Å². The third kappa shape index (κ3) is 1.80. The number of Topliss-reactive ketones (excluding diaryl/α,β-unsaturated/α-hetero) is 1. The average molecular weight is 228 g/mol. The number of nitrogens with two attached hydrogens (primary N) is 1. The fourth-order valence-electron chi connectivity index (χ4n) is 1.65. The summed E-state index contributed by atoms with van der Waals surface area (Å²) in [5, 5.41) is 0.167. The third-order valence-corrected chi connectivity index (χ3v) is 2.80. The van der Waals surface area contributed by atoms with Gasteiger partial charge in [-0.1, -0.05) is 36.2 Å². The predicted molar refractivity (Wildman–Crippen MR) is 60.8 cm³/mol. The summed E-state index contributed by atoms with van der Waals surface area (Å²) in [5.74, 6) is -0.954. The summed E-state index contributed by atoms with van der Waals surface area (Å²) in [7, 11) is 0. The average Bonchev–Trinajstić information content (AvgIpc) is 2.34. The van der Waals surface area contributed by atoms with Crippen molar-refractivity contribution in [1.82, 2.24) is 0 Å². The molecule has 0 aliphatic heterocycles. The van der Waals surface area contributed by atoms with Gasteiger partial charge in [0.25, 0.3) is 0 Å². The van der Waals surface area contributed by atoms with Crippen molar-refractivity contribution in [2.24, 2.45) is 5.73 Å². The highest BCUT2D eigenvalue weighted by molar-refractivity contribution is 6.31. The molecule has 1 aliphatic rings. The molecular formula is C12H14ClNO. The fraction of sp³-hybridized carbons (Fsp3) is 0.417. The normalized spacial score (nSPS) is 37.3. The summed E-state index contributed by atoms with van der Waals surface area (Å²) in [6, 6.07) is 6.23. The predicted octanol–water partition coefficient (Wildman–Crippen LogP) is 2.64. The van der Waals surface area contributed by atoms with Gasteiger partial charge in [0.15, 0.2) is 5.78 Å². The Bertz CT molecular complexity index is 534. The van der Waals surface area contributed by atoms with E-state index in [-0.39, 0.29) is 23.4 Å². The van der Waals surface area contributed by atoms with Crippen LogP contribution < -0.4 is 5.73 Å². The quantitative estimate of drug-likeness (QED) is 0.802. The monoisotopic (exact) mass is 227 g/mol. The zero-order valence-electron chi connectivity index (χ0n) is 12.1. The van der Waals surface area contributed by atoms with Crippen LogP contribution in [0.15, 0.2) is 24.3 Å². The molecule has 0 aromatic heterocycles. The van der Waals surface area contributed by atoms with Crippen LogP contribution in [-0.4, -0.2) is 5.78 Å². The SMILES string of the molecule is [2H]C1([2H])CCC([2H])([2H])C(N)(c2ccccc2Cl)C1=O. The van der Waals surface area contributed by atoms with E-state index in [2.05, 4.69) is 0 Å². The standard InChI is InChI=1S/C12H14ClNO/c13-10-6-2-1-5-9(10)12(14)8-4-3-7-11(12)15/h1-2,5-6H,3-4,7-8,14H2/i7D2,8D2. The first kappa shape index (κ1) is 6.66. The maximum atomic E-state index is 12.3. The van der Waals surface area contributed by atoms with Gasteiger partial charge in [-0.2, -0.15) is 0 Å². The minimum Gasteiger partial charge on any atom is -0.315 e. The lowest BCUT2D eigenvalue weighted by Crippen LogP contribution is -2.47. The van der Waals surface area contributed by atoms with Crippen molar-refractivity contribution >= 4 is 17.4 Å². The Balaban J connectivity index is 2.66. The molecule has 80 valence electrons. The number of halogens is 1. The van der Waals surface area contributed by atoms with Crippen LogP contribution in [0.2, 0.25) is 5.02 Å². The van der Waals surface area contributed by atoms with Crippen LogP contribution in [0.4, 0.5) is 0 Å². The third-order valence-electron chi connectivity index (χ3n) is 2.47. The van der Waals surface area contributed by atoms with Gasteiger partial charge in [0.1, 0.15) is 5.54 Å². The molecule has 1 aromatic rings. The first-order valence-corrected chi connectivity index (χ1v) is 5.09. The first-order chi connectivity index (χ1) is 8.63. The lowest BCUT2D eigenvalue weighted by molar-refractivity contribution is -0.126. The first-order valence-electron chi connectivity index (χ1n) is 6.72. The van der Waals surface area contributed by atoms with E-state index >= 15 is 0 Å². The summed E-state index contributed by atoms with van der Waals surface area (Å²) in [4.78, 5) is 12.3. The van der Waals surface area contributed by atoms with Crippen LogP contribution in [-0.2, 0) is 10.3 Å². The lowest BCUT2D eigenvalue weighted by atomic mass is 9.76. The van der Waals surface area contributed by atoms with Gasteiger partial charge in [-0.15, -0.1) is 0 Å². The molecule has 1 fully saturated rings. The second-order valence-electron chi connectivity index (χ2n) is 3.47. The Morgan fingerprint density at radius 2 is 2.13 bits per heavy atom. The molecule has 0 heterocycles. The van der Waals surface area contributed by atoms with E-state index in [9.17, 15) is 4.79 Å². The molecule has 0 radical (unpaired) electrons. The van der Waals surface area contributed by atoms with Crippen molar-refractivity contribution in [3.63, 3.8) is 0 Å². The highest BCUT2D eigenvalue weighted by atomic mass is 35.5. The highest BCUT2D eigenvalue weighted by Crippen LogP contribution is 2.35. The minimum atomic E-state index is -2.14. The van der Waals surface area contributed by atoms with E-state index in [1.54, 1.807) is 12.1 Å². The van der Waals surface area contributed by atoms with Crippen LogP contribution >= 0.6 is 11.6 Å². The lowest BCUT2D eigenvalue weighted by Gasteiger charge is -2.32. The molecule has 3 heteroatoms. The maximum Gasteiger partial charge on any atom is 0.157 e. The Morgan fingerprint density at radius 1 is 1.40 bits per heavy atom. The number of ketones is 1. The van der Waals surface area contributed by atoms with E-state index in [4.69, 9.17) is 22.8 Å². The van der Waals surface area contributed by atoms with E-state index in [0.29, 0.717) is 0 Å². The summed E-state index contributed by atoms with van der Waals surface area (Å²) >= 11 is 6.01. The molecule has 2 nitrogen and oxygen atoms in total.